The maximum atomic E-state index is 11.5. The highest BCUT2D eigenvalue weighted by Gasteiger charge is 2.24. The lowest BCUT2D eigenvalue weighted by molar-refractivity contribution is 0.0685. The van der Waals surface area contributed by atoms with Crippen molar-refractivity contribution in [1.29, 1.82) is 0 Å². The second-order valence-corrected chi connectivity index (χ2v) is 7.02. The molecule has 1 fully saturated rings. The molecule has 21 heavy (non-hydrogen) atoms. The van der Waals surface area contributed by atoms with Crippen molar-refractivity contribution in [2.45, 2.75) is 42.8 Å². The standard InChI is InChI=1S/C16H18N2O2S/c1-10-5-4-6-11(9-10)21-15-12-7-2-3-8-13(12)17-18-14(15)16(19)20/h2-3,7-8,10-11H,4-6,9H2,1H3,(H,19,20). The summed E-state index contributed by atoms with van der Waals surface area (Å²) in [6.07, 6.45) is 4.78. The zero-order valence-corrected chi connectivity index (χ0v) is 12.8. The summed E-state index contributed by atoms with van der Waals surface area (Å²) in [5.74, 6) is -0.287. The van der Waals surface area contributed by atoms with Crippen molar-refractivity contribution in [3.05, 3.63) is 30.0 Å². The van der Waals surface area contributed by atoms with Gasteiger partial charge in [-0.1, -0.05) is 38.0 Å². The fourth-order valence-electron chi connectivity index (χ4n) is 2.94. The van der Waals surface area contributed by atoms with Crippen LogP contribution in [0, 0.1) is 5.92 Å². The quantitative estimate of drug-likeness (QED) is 0.928. The lowest BCUT2D eigenvalue weighted by Crippen LogP contribution is -2.16. The highest BCUT2D eigenvalue weighted by atomic mass is 32.2. The zero-order valence-electron chi connectivity index (χ0n) is 12.0. The van der Waals surface area contributed by atoms with Gasteiger partial charge in [-0.3, -0.25) is 0 Å². The van der Waals surface area contributed by atoms with E-state index in [0.717, 1.165) is 28.6 Å². The first-order valence-corrected chi connectivity index (χ1v) is 8.18. The third kappa shape index (κ3) is 3.02. The molecule has 0 spiro atoms. The van der Waals surface area contributed by atoms with Gasteiger partial charge in [0.2, 0.25) is 0 Å². The van der Waals surface area contributed by atoms with Crippen LogP contribution in [0.3, 0.4) is 0 Å². The second-order valence-electron chi connectivity index (χ2n) is 5.71. The summed E-state index contributed by atoms with van der Waals surface area (Å²) in [6, 6.07) is 7.63. The van der Waals surface area contributed by atoms with E-state index < -0.39 is 5.97 Å². The third-order valence-corrected chi connectivity index (χ3v) is 5.41. The molecule has 1 aliphatic rings. The predicted octanol–water partition coefficient (Wildman–Crippen LogP) is 4.00. The number of hydrogen-bond acceptors (Lipinski definition) is 4. The minimum atomic E-state index is -1.00. The third-order valence-electron chi connectivity index (χ3n) is 4.00. The lowest BCUT2D eigenvalue weighted by Gasteiger charge is -2.26. The Balaban J connectivity index is 2.01. The summed E-state index contributed by atoms with van der Waals surface area (Å²) in [7, 11) is 0. The largest absolute Gasteiger partial charge is 0.476 e. The highest BCUT2D eigenvalue weighted by Crippen LogP contribution is 2.39. The maximum absolute atomic E-state index is 11.5. The molecule has 0 amide bonds. The SMILES string of the molecule is CC1CCCC(Sc2c(C(=O)O)nnc3ccccc23)C1. The van der Waals surface area contributed by atoms with Crippen LogP contribution in [0.15, 0.2) is 29.2 Å². The molecule has 1 saturated carbocycles. The molecule has 1 N–H and O–H groups in total. The number of fused-ring (bicyclic) bond motifs is 1. The van der Waals surface area contributed by atoms with Crippen LogP contribution in [-0.2, 0) is 0 Å². The summed E-state index contributed by atoms with van der Waals surface area (Å²) in [6.45, 7) is 2.27. The minimum Gasteiger partial charge on any atom is -0.476 e. The Labute approximate surface area is 128 Å². The van der Waals surface area contributed by atoms with E-state index in [1.54, 1.807) is 11.8 Å². The first-order chi connectivity index (χ1) is 10.1. The number of thioether (sulfide) groups is 1. The van der Waals surface area contributed by atoms with E-state index in [0.29, 0.717) is 11.2 Å². The number of nitrogens with zero attached hydrogens (tertiary/aromatic N) is 2. The molecule has 5 heteroatoms. The smallest absolute Gasteiger partial charge is 0.357 e. The topological polar surface area (TPSA) is 63.1 Å². The van der Waals surface area contributed by atoms with Crippen LogP contribution in [0.5, 0.6) is 0 Å². The van der Waals surface area contributed by atoms with Crippen LogP contribution < -0.4 is 0 Å². The minimum absolute atomic E-state index is 0.0805. The molecule has 1 aromatic heterocycles. The molecule has 0 bridgehead atoms. The summed E-state index contributed by atoms with van der Waals surface area (Å²) >= 11 is 1.67. The van der Waals surface area contributed by atoms with Crippen LogP contribution in [0.25, 0.3) is 10.9 Å². The van der Waals surface area contributed by atoms with Gasteiger partial charge in [-0.25, -0.2) is 4.79 Å². The van der Waals surface area contributed by atoms with Gasteiger partial charge in [0.15, 0.2) is 5.69 Å². The van der Waals surface area contributed by atoms with E-state index in [-0.39, 0.29) is 5.69 Å². The molecule has 0 saturated heterocycles. The molecule has 0 aliphatic heterocycles. The Bertz CT molecular complexity index is 674. The molecule has 2 aromatic rings. The maximum Gasteiger partial charge on any atom is 0.357 e. The van der Waals surface area contributed by atoms with Crippen LogP contribution in [0.4, 0.5) is 0 Å². The number of hydrogen-bond donors (Lipinski definition) is 1. The fraction of sp³-hybridized carbons (Fsp3) is 0.438. The van der Waals surface area contributed by atoms with E-state index in [9.17, 15) is 9.90 Å². The molecule has 1 aromatic carbocycles. The van der Waals surface area contributed by atoms with Gasteiger partial charge in [-0.15, -0.1) is 22.0 Å². The van der Waals surface area contributed by atoms with E-state index in [4.69, 9.17) is 0 Å². The second kappa shape index (κ2) is 6.02. The monoisotopic (exact) mass is 302 g/mol. The Morgan fingerprint density at radius 3 is 2.86 bits per heavy atom. The van der Waals surface area contributed by atoms with E-state index in [2.05, 4.69) is 17.1 Å². The molecule has 0 radical (unpaired) electrons. The lowest BCUT2D eigenvalue weighted by atomic mass is 9.91. The number of carboxylic acids is 1. The van der Waals surface area contributed by atoms with E-state index >= 15 is 0 Å². The molecule has 4 nitrogen and oxygen atoms in total. The van der Waals surface area contributed by atoms with Crippen molar-refractivity contribution in [1.82, 2.24) is 10.2 Å². The number of carboxylic acid groups (broad SMARTS) is 1. The fourth-order valence-corrected chi connectivity index (χ4v) is 4.52. The van der Waals surface area contributed by atoms with Crippen molar-refractivity contribution >= 4 is 28.6 Å². The van der Waals surface area contributed by atoms with Gasteiger partial charge in [0.25, 0.3) is 0 Å². The van der Waals surface area contributed by atoms with Gasteiger partial charge in [0.05, 0.1) is 10.4 Å². The first-order valence-electron chi connectivity index (χ1n) is 7.30. The van der Waals surface area contributed by atoms with Crippen LogP contribution >= 0.6 is 11.8 Å². The number of benzene rings is 1. The van der Waals surface area contributed by atoms with Crippen LogP contribution in [-0.4, -0.2) is 26.5 Å². The number of aromatic nitrogens is 2. The van der Waals surface area contributed by atoms with E-state index in [1.807, 2.05) is 24.3 Å². The van der Waals surface area contributed by atoms with Gasteiger partial charge in [0, 0.05) is 10.6 Å². The van der Waals surface area contributed by atoms with Crippen LogP contribution in [0.1, 0.15) is 43.1 Å². The summed E-state index contributed by atoms with van der Waals surface area (Å²) in [5, 5.41) is 18.7. The Morgan fingerprint density at radius 2 is 2.10 bits per heavy atom. The average molecular weight is 302 g/mol. The van der Waals surface area contributed by atoms with Crippen molar-refractivity contribution in [3.63, 3.8) is 0 Å². The summed E-state index contributed by atoms with van der Waals surface area (Å²) in [4.78, 5) is 12.2. The van der Waals surface area contributed by atoms with Gasteiger partial charge in [0.1, 0.15) is 0 Å². The Hall–Kier alpha value is -1.62. The molecular weight excluding hydrogens is 284 g/mol. The van der Waals surface area contributed by atoms with Gasteiger partial charge < -0.3 is 5.11 Å². The molecule has 3 rings (SSSR count). The Morgan fingerprint density at radius 1 is 1.29 bits per heavy atom. The summed E-state index contributed by atoms with van der Waals surface area (Å²) < 4.78 is 0. The first kappa shape index (κ1) is 14.3. The predicted molar refractivity (Wildman–Crippen MR) is 83.8 cm³/mol. The van der Waals surface area contributed by atoms with Crippen molar-refractivity contribution in [2.75, 3.05) is 0 Å². The molecule has 1 heterocycles. The van der Waals surface area contributed by atoms with Gasteiger partial charge in [-0.2, -0.15) is 0 Å². The normalized spacial score (nSPS) is 22.3. The number of rotatable bonds is 3. The van der Waals surface area contributed by atoms with E-state index in [1.165, 1.54) is 12.8 Å². The van der Waals surface area contributed by atoms with Crippen LogP contribution in [0.2, 0.25) is 0 Å². The van der Waals surface area contributed by atoms with Gasteiger partial charge in [-0.05, 0) is 24.8 Å². The molecule has 2 unspecified atom stereocenters. The highest BCUT2D eigenvalue weighted by molar-refractivity contribution is 8.00. The van der Waals surface area contributed by atoms with Gasteiger partial charge >= 0.3 is 5.97 Å². The van der Waals surface area contributed by atoms with Crippen molar-refractivity contribution in [2.24, 2.45) is 5.92 Å². The zero-order chi connectivity index (χ0) is 14.8. The molecule has 2 atom stereocenters. The molecule has 1 aliphatic carbocycles. The molecule has 110 valence electrons. The Kier molecular flexibility index (Phi) is 4.10. The number of carbonyl (C=O) groups is 1. The van der Waals surface area contributed by atoms with Crippen molar-refractivity contribution in [3.8, 4) is 0 Å². The molecular formula is C16H18N2O2S. The number of aromatic carboxylic acids is 1. The summed E-state index contributed by atoms with van der Waals surface area (Å²) in [5.41, 5.74) is 0.839. The average Bonchev–Trinajstić information content (AvgIpc) is 2.47. The van der Waals surface area contributed by atoms with Crippen molar-refractivity contribution < 1.29 is 9.90 Å².